The molecule has 1 aliphatic rings. The average Bonchev–Trinajstić information content (AvgIpc) is 2.79. The number of aryl methyl sites for hydroxylation is 1. The number of carbonyl (C=O) groups is 1. The van der Waals surface area contributed by atoms with E-state index in [1.807, 2.05) is 43.0 Å². The van der Waals surface area contributed by atoms with Crippen LogP contribution in [0.25, 0.3) is 11.0 Å². The van der Waals surface area contributed by atoms with Gasteiger partial charge < -0.3 is 10.2 Å². The number of piperazine rings is 1. The van der Waals surface area contributed by atoms with Crippen LogP contribution in [0.1, 0.15) is 13.8 Å². The molecule has 0 radical (unpaired) electrons. The van der Waals surface area contributed by atoms with Gasteiger partial charge in [0.05, 0.1) is 11.0 Å². The van der Waals surface area contributed by atoms with Gasteiger partial charge in [0.2, 0.25) is 5.91 Å². The second-order valence-electron chi connectivity index (χ2n) is 5.74. The zero-order chi connectivity index (χ0) is 15.7. The van der Waals surface area contributed by atoms with Gasteiger partial charge in [0, 0.05) is 32.2 Å². The molecule has 1 aromatic heterocycles. The molecule has 1 aliphatic heterocycles. The molecule has 6 nitrogen and oxygen atoms in total. The number of carbonyl (C=O) groups excluding carboxylic acids is 1. The molecule has 2 heterocycles. The molecule has 3 rings (SSSR count). The summed E-state index contributed by atoms with van der Waals surface area (Å²) in [5, 5.41) is 3.27. The SMILES string of the molecule is CCn1c(=O)n(CC(=O)N2CCNC[C@H]2C)c2ccccc21. The van der Waals surface area contributed by atoms with Crippen molar-refractivity contribution >= 4 is 16.9 Å². The number of imidazole rings is 1. The number of benzene rings is 1. The second-order valence-corrected chi connectivity index (χ2v) is 5.74. The number of hydrogen-bond donors (Lipinski definition) is 1. The summed E-state index contributed by atoms with van der Waals surface area (Å²) in [6.07, 6.45) is 0. The lowest BCUT2D eigenvalue weighted by atomic mass is 10.2. The predicted molar refractivity (Wildman–Crippen MR) is 85.9 cm³/mol. The smallest absolute Gasteiger partial charge is 0.329 e. The quantitative estimate of drug-likeness (QED) is 0.905. The molecule has 0 unspecified atom stereocenters. The van der Waals surface area contributed by atoms with Gasteiger partial charge in [-0.1, -0.05) is 12.1 Å². The van der Waals surface area contributed by atoms with Crippen molar-refractivity contribution in [2.45, 2.75) is 33.0 Å². The second kappa shape index (κ2) is 5.96. The van der Waals surface area contributed by atoms with E-state index < -0.39 is 0 Å². The van der Waals surface area contributed by atoms with E-state index in [0.29, 0.717) is 13.1 Å². The van der Waals surface area contributed by atoms with Crippen LogP contribution in [0.15, 0.2) is 29.1 Å². The highest BCUT2D eigenvalue weighted by atomic mass is 16.2. The Kier molecular flexibility index (Phi) is 4.02. The van der Waals surface area contributed by atoms with Gasteiger partial charge in [-0.3, -0.25) is 13.9 Å². The molecule has 1 amide bonds. The molecular formula is C16H22N4O2. The Morgan fingerprint density at radius 3 is 2.59 bits per heavy atom. The molecule has 6 heteroatoms. The maximum absolute atomic E-state index is 12.6. The van der Waals surface area contributed by atoms with Crippen LogP contribution in [-0.2, 0) is 17.9 Å². The molecule has 0 aliphatic carbocycles. The normalized spacial score (nSPS) is 18.8. The van der Waals surface area contributed by atoms with Gasteiger partial charge in [-0.05, 0) is 26.0 Å². The molecule has 0 saturated carbocycles. The monoisotopic (exact) mass is 302 g/mol. The first-order valence-electron chi connectivity index (χ1n) is 7.81. The average molecular weight is 302 g/mol. The van der Waals surface area contributed by atoms with E-state index >= 15 is 0 Å². The van der Waals surface area contributed by atoms with E-state index in [1.54, 1.807) is 9.13 Å². The minimum atomic E-state index is -0.111. The fourth-order valence-electron chi connectivity index (χ4n) is 3.17. The van der Waals surface area contributed by atoms with Crippen LogP contribution in [0.5, 0.6) is 0 Å². The first-order valence-corrected chi connectivity index (χ1v) is 7.81. The zero-order valence-electron chi connectivity index (χ0n) is 13.1. The molecular weight excluding hydrogens is 280 g/mol. The van der Waals surface area contributed by atoms with Gasteiger partial charge in [0.1, 0.15) is 6.54 Å². The Hall–Kier alpha value is -2.08. The van der Waals surface area contributed by atoms with Crippen LogP contribution in [-0.4, -0.2) is 45.6 Å². The fourth-order valence-corrected chi connectivity index (χ4v) is 3.17. The third-order valence-electron chi connectivity index (χ3n) is 4.36. The van der Waals surface area contributed by atoms with E-state index in [2.05, 4.69) is 5.32 Å². The summed E-state index contributed by atoms with van der Waals surface area (Å²) in [6, 6.07) is 7.80. The van der Waals surface area contributed by atoms with Crippen molar-refractivity contribution in [2.24, 2.45) is 0 Å². The number of hydrogen-bond acceptors (Lipinski definition) is 3. The third kappa shape index (κ3) is 2.43. The first-order chi connectivity index (χ1) is 10.6. The lowest BCUT2D eigenvalue weighted by molar-refractivity contribution is -0.134. The van der Waals surface area contributed by atoms with Crippen LogP contribution in [0.2, 0.25) is 0 Å². The van der Waals surface area contributed by atoms with Gasteiger partial charge in [-0.15, -0.1) is 0 Å². The summed E-state index contributed by atoms with van der Waals surface area (Å²) in [7, 11) is 0. The van der Waals surface area contributed by atoms with Crippen molar-refractivity contribution in [1.29, 1.82) is 0 Å². The number of aromatic nitrogens is 2. The van der Waals surface area contributed by atoms with Crippen molar-refractivity contribution in [1.82, 2.24) is 19.4 Å². The van der Waals surface area contributed by atoms with Crippen molar-refractivity contribution in [3.05, 3.63) is 34.7 Å². The lowest BCUT2D eigenvalue weighted by Crippen LogP contribution is -2.53. The highest BCUT2D eigenvalue weighted by Gasteiger charge is 2.24. The lowest BCUT2D eigenvalue weighted by Gasteiger charge is -2.34. The van der Waals surface area contributed by atoms with E-state index in [1.165, 1.54) is 0 Å². The molecule has 1 saturated heterocycles. The van der Waals surface area contributed by atoms with Crippen LogP contribution in [0.3, 0.4) is 0 Å². The van der Waals surface area contributed by atoms with Gasteiger partial charge in [-0.2, -0.15) is 0 Å². The van der Waals surface area contributed by atoms with Crippen molar-refractivity contribution < 1.29 is 4.79 Å². The molecule has 1 N–H and O–H groups in total. The van der Waals surface area contributed by atoms with E-state index in [0.717, 1.165) is 24.1 Å². The van der Waals surface area contributed by atoms with Crippen LogP contribution in [0.4, 0.5) is 0 Å². The number of para-hydroxylation sites is 2. The maximum Gasteiger partial charge on any atom is 0.329 e. The van der Waals surface area contributed by atoms with Gasteiger partial charge in [0.15, 0.2) is 0 Å². The molecule has 118 valence electrons. The van der Waals surface area contributed by atoms with E-state index in [9.17, 15) is 9.59 Å². The number of rotatable bonds is 3. The minimum absolute atomic E-state index is 0.00936. The molecule has 1 aromatic carbocycles. The largest absolute Gasteiger partial charge is 0.336 e. The van der Waals surface area contributed by atoms with Gasteiger partial charge in [0.25, 0.3) is 0 Å². The van der Waals surface area contributed by atoms with Crippen molar-refractivity contribution in [3.8, 4) is 0 Å². The fraction of sp³-hybridized carbons (Fsp3) is 0.500. The van der Waals surface area contributed by atoms with Crippen LogP contribution in [0, 0.1) is 0 Å². The molecule has 22 heavy (non-hydrogen) atoms. The highest BCUT2D eigenvalue weighted by Crippen LogP contribution is 2.13. The Labute approximate surface area is 129 Å². The molecule has 0 bridgehead atoms. The molecule has 1 fully saturated rings. The summed E-state index contributed by atoms with van der Waals surface area (Å²) >= 11 is 0. The topological polar surface area (TPSA) is 59.3 Å². The third-order valence-corrected chi connectivity index (χ3v) is 4.36. The van der Waals surface area contributed by atoms with E-state index in [-0.39, 0.29) is 24.2 Å². The van der Waals surface area contributed by atoms with E-state index in [4.69, 9.17) is 0 Å². The Morgan fingerprint density at radius 2 is 1.95 bits per heavy atom. The molecule has 0 spiro atoms. The van der Waals surface area contributed by atoms with Crippen LogP contribution < -0.4 is 11.0 Å². The van der Waals surface area contributed by atoms with Gasteiger partial charge in [-0.25, -0.2) is 4.79 Å². The molecule has 2 aromatic rings. The van der Waals surface area contributed by atoms with Crippen molar-refractivity contribution in [3.63, 3.8) is 0 Å². The summed E-state index contributed by atoms with van der Waals surface area (Å²) in [5.74, 6) is 0.00936. The zero-order valence-corrected chi connectivity index (χ0v) is 13.1. The van der Waals surface area contributed by atoms with Gasteiger partial charge >= 0.3 is 5.69 Å². The number of nitrogens with one attached hydrogen (secondary N) is 1. The Morgan fingerprint density at radius 1 is 1.27 bits per heavy atom. The van der Waals surface area contributed by atoms with Crippen molar-refractivity contribution in [2.75, 3.05) is 19.6 Å². The summed E-state index contributed by atoms with van der Waals surface area (Å²) in [6.45, 7) is 6.99. The Bertz CT molecular complexity index is 746. The van der Waals surface area contributed by atoms with Crippen LogP contribution >= 0.6 is 0 Å². The maximum atomic E-state index is 12.6. The molecule has 1 atom stereocenters. The summed E-state index contributed by atoms with van der Waals surface area (Å²) < 4.78 is 3.31. The Balaban J connectivity index is 1.95. The number of fused-ring (bicyclic) bond motifs is 1. The predicted octanol–water partition coefficient (Wildman–Crippen LogP) is 0.643. The number of nitrogens with zero attached hydrogens (tertiary/aromatic N) is 3. The number of amides is 1. The highest BCUT2D eigenvalue weighted by molar-refractivity contribution is 5.81. The first kappa shape index (κ1) is 14.8. The minimum Gasteiger partial charge on any atom is -0.336 e. The standard InChI is InChI=1S/C16H22N4O2/c1-3-18-13-6-4-5-7-14(13)20(16(18)22)11-15(21)19-9-8-17-10-12(19)2/h4-7,12,17H,3,8-11H2,1-2H3/t12-/m1/s1. The summed E-state index contributed by atoms with van der Waals surface area (Å²) in [5.41, 5.74) is 1.60. The summed E-state index contributed by atoms with van der Waals surface area (Å²) in [4.78, 5) is 27.0.